The molecular formula is C21H24ClN3O2. The van der Waals surface area contributed by atoms with Crippen LogP contribution in [0.4, 0.5) is 5.69 Å². The van der Waals surface area contributed by atoms with Crippen molar-refractivity contribution in [2.24, 2.45) is 5.92 Å². The number of likely N-dealkylation sites (tertiary alicyclic amines) is 1. The number of rotatable bonds is 5. The van der Waals surface area contributed by atoms with Crippen molar-refractivity contribution in [3.05, 3.63) is 65.2 Å². The largest absolute Gasteiger partial charge is 0.348 e. The molecule has 2 aromatic rings. The van der Waals surface area contributed by atoms with Crippen molar-refractivity contribution in [3.8, 4) is 0 Å². The van der Waals surface area contributed by atoms with Gasteiger partial charge in [-0.2, -0.15) is 0 Å². The first kappa shape index (κ1) is 19.4. The number of nitrogens with one attached hydrogen (secondary N) is 2. The molecule has 5 nitrogen and oxygen atoms in total. The summed E-state index contributed by atoms with van der Waals surface area (Å²) in [7, 11) is 0. The maximum absolute atomic E-state index is 12.0. The van der Waals surface area contributed by atoms with Gasteiger partial charge in [0.25, 0.3) is 0 Å². The molecule has 2 aromatic carbocycles. The lowest BCUT2D eigenvalue weighted by Crippen LogP contribution is -2.41. The van der Waals surface area contributed by atoms with E-state index in [1.165, 1.54) is 5.56 Å². The average molecular weight is 386 g/mol. The van der Waals surface area contributed by atoms with Crippen molar-refractivity contribution in [1.82, 2.24) is 10.2 Å². The number of nitrogens with zero attached hydrogens (tertiary/aromatic N) is 1. The Labute approximate surface area is 164 Å². The molecule has 1 aliphatic heterocycles. The molecule has 0 aromatic heterocycles. The van der Waals surface area contributed by atoms with E-state index in [9.17, 15) is 9.59 Å². The third kappa shape index (κ3) is 6.08. The molecule has 142 valence electrons. The number of halogens is 1. The van der Waals surface area contributed by atoms with Gasteiger partial charge >= 0.3 is 11.8 Å². The van der Waals surface area contributed by atoms with E-state index in [2.05, 4.69) is 39.8 Å². The van der Waals surface area contributed by atoms with E-state index in [-0.39, 0.29) is 0 Å². The van der Waals surface area contributed by atoms with E-state index in [0.717, 1.165) is 32.5 Å². The zero-order chi connectivity index (χ0) is 19.1. The molecule has 1 aliphatic rings. The summed E-state index contributed by atoms with van der Waals surface area (Å²) in [5.74, 6) is -0.875. The van der Waals surface area contributed by atoms with Crippen LogP contribution in [-0.4, -0.2) is 36.3 Å². The number of piperidine rings is 1. The third-order valence-corrected chi connectivity index (χ3v) is 5.03. The quantitative estimate of drug-likeness (QED) is 0.776. The molecule has 0 unspecified atom stereocenters. The Hall–Kier alpha value is -2.37. The smallest absolute Gasteiger partial charge is 0.313 e. The molecule has 0 radical (unpaired) electrons. The summed E-state index contributed by atoms with van der Waals surface area (Å²) in [6.45, 7) is 3.50. The number of amides is 2. The molecule has 2 N–H and O–H groups in total. The summed E-state index contributed by atoms with van der Waals surface area (Å²) in [4.78, 5) is 26.4. The molecule has 0 saturated carbocycles. The normalized spacial score (nSPS) is 15.3. The summed E-state index contributed by atoms with van der Waals surface area (Å²) in [6, 6.07) is 17.2. The Balaban J connectivity index is 1.38. The standard InChI is InChI=1S/C21H24ClN3O2/c22-18-7-4-8-19(13-18)24-21(27)20(26)23-14-16-9-11-25(12-10-16)15-17-5-2-1-3-6-17/h1-8,13,16H,9-12,14-15H2,(H,23,26)(H,24,27). The first-order chi connectivity index (χ1) is 13.1. The van der Waals surface area contributed by atoms with Gasteiger partial charge in [-0.1, -0.05) is 48.0 Å². The van der Waals surface area contributed by atoms with Gasteiger partial charge in [-0.05, 0) is 55.6 Å². The van der Waals surface area contributed by atoms with Crippen LogP contribution >= 0.6 is 11.6 Å². The summed E-state index contributed by atoms with van der Waals surface area (Å²) in [5, 5.41) is 5.82. The van der Waals surface area contributed by atoms with Crippen molar-refractivity contribution >= 4 is 29.1 Å². The molecule has 0 spiro atoms. The van der Waals surface area contributed by atoms with Crippen molar-refractivity contribution < 1.29 is 9.59 Å². The van der Waals surface area contributed by atoms with Gasteiger partial charge in [-0.25, -0.2) is 0 Å². The van der Waals surface area contributed by atoms with E-state index in [1.807, 2.05) is 6.07 Å². The predicted molar refractivity (Wildman–Crippen MR) is 108 cm³/mol. The molecule has 3 rings (SSSR count). The van der Waals surface area contributed by atoms with Gasteiger partial charge in [0.15, 0.2) is 0 Å². The molecule has 6 heteroatoms. The second-order valence-corrected chi connectivity index (χ2v) is 7.32. The highest BCUT2D eigenvalue weighted by Crippen LogP contribution is 2.18. The summed E-state index contributed by atoms with van der Waals surface area (Å²) >= 11 is 5.88. The summed E-state index contributed by atoms with van der Waals surface area (Å²) in [5.41, 5.74) is 1.83. The van der Waals surface area contributed by atoms with Gasteiger partial charge in [0.2, 0.25) is 0 Å². The summed E-state index contributed by atoms with van der Waals surface area (Å²) < 4.78 is 0. The zero-order valence-electron chi connectivity index (χ0n) is 15.2. The van der Waals surface area contributed by atoms with Crippen LogP contribution in [0.25, 0.3) is 0 Å². The minimum absolute atomic E-state index is 0.403. The number of carbonyl (C=O) groups excluding carboxylic acids is 2. The van der Waals surface area contributed by atoms with Crippen LogP contribution in [0.1, 0.15) is 18.4 Å². The SMILES string of the molecule is O=C(NCC1CCN(Cc2ccccc2)CC1)C(=O)Nc1cccc(Cl)c1. The van der Waals surface area contributed by atoms with E-state index in [0.29, 0.717) is 23.2 Å². The van der Waals surface area contributed by atoms with Crippen molar-refractivity contribution in [3.63, 3.8) is 0 Å². The highest BCUT2D eigenvalue weighted by molar-refractivity contribution is 6.39. The minimum Gasteiger partial charge on any atom is -0.348 e. The van der Waals surface area contributed by atoms with E-state index >= 15 is 0 Å². The highest BCUT2D eigenvalue weighted by Gasteiger charge is 2.21. The van der Waals surface area contributed by atoms with Crippen LogP contribution < -0.4 is 10.6 Å². The maximum Gasteiger partial charge on any atom is 0.313 e. The van der Waals surface area contributed by atoms with Crippen molar-refractivity contribution in [2.45, 2.75) is 19.4 Å². The van der Waals surface area contributed by atoms with Gasteiger partial charge in [-0.3, -0.25) is 14.5 Å². The molecule has 2 amide bonds. The topological polar surface area (TPSA) is 61.4 Å². The fourth-order valence-electron chi connectivity index (χ4n) is 3.26. The molecule has 1 fully saturated rings. The van der Waals surface area contributed by atoms with Crippen LogP contribution in [0.15, 0.2) is 54.6 Å². The Morgan fingerprint density at radius 2 is 1.74 bits per heavy atom. The lowest BCUT2D eigenvalue weighted by atomic mass is 9.96. The van der Waals surface area contributed by atoms with Gasteiger partial charge in [0, 0.05) is 23.8 Å². The monoisotopic (exact) mass is 385 g/mol. The van der Waals surface area contributed by atoms with E-state index < -0.39 is 11.8 Å². The number of hydrogen-bond donors (Lipinski definition) is 2. The van der Waals surface area contributed by atoms with Crippen LogP contribution in [-0.2, 0) is 16.1 Å². The fraction of sp³-hybridized carbons (Fsp3) is 0.333. The third-order valence-electron chi connectivity index (χ3n) is 4.80. The number of hydrogen-bond acceptors (Lipinski definition) is 3. The predicted octanol–water partition coefficient (Wildman–Crippen LogP) is 3.31. The first-order valence-corrected chi connectivity index (χ1v) is 9.59. The van der Waals surface area contributed by atoms with Gasteiger partial charge < -0.3 is 10.6 Å². The van der Waals surface area contributed by atoms with Gasteiger partial charge in [-0.15, -0.1) is 0 Å². The Morgan fingerprint density at radius 1 is 1.00 bits per heavy atom. The Morgan fingerprint density at radius 3 is 2.44 bits per heavy atom. The van der Waals surface area contributed by atoms with Crippen molar-refractivity contribution in [1.29, 1.82) is 0 Å². The van der Waals surface area contributed by atoms with Crippen LogP contribution in [0, 0.1) is 5.92 Å². The molecule has 1 saturated heterocycles. The lowest BCUT2D eigenvalue weighted by molar-refractivity contribution is -0.136. The Kier molecular flexibility index (Phi) is 6.85. The first-order valence-electron chi connectivity index (χ1n) is 9.21. The highest BCUT2D eigenvalue weighted by atomic mass is 35.5. The van der Waals surface area contributed by atoms with E-state index in [4.69, 9.17) is 11.6 Å². The van der Waals surface area contributed by atoms with Gasteiger partial charge in [0.1, 0.15) is 0 Å². The molecule has 1 heterocycles. The number of benzene rings is 2. The molecule has 0 aliphatic carbocycles. The molecule has 0 atom stereocenters. The number of anilines is 1. The lowest BCUT2D eigenvalue weighted by Gasteiger charge is -2.32. The van der Waals surface area contributed by atoms with E-state index in [1.54, 1.807) is 24.3 Å². The zero-order valence-corrected chi connectivity index (χ0v) is 15.9. The second-order valence-electron chi connectivity index (χ2n) is 6.88. The van der Waals surface area contributed by atoms with Gasteiger partial charge in [0.05, 0.1) is 0 Å². The number of carbonyl (C=O) groups is 2. The second kappa shape index (κ2) is 9.53. The van der Waals surface area contributed by atoms with Crippen LogP contribution in [0.2, 0.25) is 5.02 Å². The Bertz CT molecular complexity index is 774. The fourth-order valence-corrected chi connectivity index (χ4v) is 3.45. The average Bonchev–Trinajstić information content (AvgIpc) is 2.68. The maximum atomic E-state index is 12.0. The van der Waals surface area contributed by atoms with Crippen molar-refractivity contribution in [2.75, 3.05) is 25.0 Å². The van der Waals surface area contributed by atoms with Crippen LogP contribution in [0.3, 0.4) is 0 Å². The summed E-state index contributed by atoms with van der Waals surface area (Å²) in [6.07, 6.45) is 2.03. The molecular weight excluding hydrogens is 362 g/mol. The van der Waals surface area contributed by atoms with Crippen LogP contribution in [0.5, 0.6) is 0 Å². The molecule has 27 heavy (non-hydrogen) atoms. The molecule has 0 bridgehead atoms. The minimum atomic E-state index is -0.668.